The summed E-state index contributed by atoms with van der Waals surface area (Å²) in [4.78, 5) is 18.7. The van der Waals surface area contributed by atoms with Crippen LogP contribution in [-0.4, -0.2) is 21.1 Å². The molecule has 3 aromatic rings. The molecule has 0 bridgehead atoms. The van der Waals surface area contributed by atoms with Gasteiger partial charge in [-0.3, -0.25) is 14.8 Å². The molecule has 0 unspecified atom stereocenters. The lowest BCUT2D eigenvalue weighted by Crippen LogP contribution is -2.29. The van der Waals surface area contributed by atoms with Crippen LogP contribution in [0.5, 0.6) is 0 Å². The van der Waals surface area contributed by atoms with Crippen LogP contribution < -0.4 is 4.90 Å². The van der Waals surface area contributed by atoms with E-state index in [-0.39, 0.29) is 11.9 Å². The number of carbonyl (C=O) groups is 1. The van der Waals surface area contributed by atoms with Gasteiger partial charge in [0, 0.05) is 22.8 Å². The third-order valence-corrected chi connectivity index (χ3v) is 4.46. The highest BCUT2D eigenvalue weighted by atomic mass is 32.1. The van der Waals surface area contributed by atoms with Crippen molar-refractivity contribution in [1.29, 1.82) is 0 Å². The molecule has 0 aliphatic carbocycles. The van der Waals surface area contributed by atoms with Gasteiger partial charge in [-0.1, -0.05) is 30.3 Å². The minimum absolute atomic E-state index is 0.0989. The highest BCUT2D eigenvalue weighted by molar-refractivity contribution is 7.13. The van der Waals surface area contributed by atoms with Crippen LogP contribution in [0, 0.1) is 6.92 Å². The van der Waals surface area contributed by atoms with E-state index in [1.807, 2.05) is 42.6 Å². The zero-order valence-corrected chi connectivity index (χ0v) is 12.1. The summed E-state index contributed by atoms with van der Waals surface area (Å²) in [7, 11) is 0. The van der Waals surface area contributed by atoms with Gasteiger partial charge in [-0.2, -0.15) is 5.10 Å². The minimum Gasteiger partial charge on any atom is -0.282 e. The van der Waals surface area contributed by atoms with E-state index in [0.717, 1.165) is 16.8 Å². The van der Waals surface area contributed by atoms with Crippen LogP contribution in [0.2, 0.25) is 0 Å². The van der Waals surface area contributed by atoms with E-state index in [0.29, 0.717) is 10.8 Å². The van der Waals surface area contributed by atoms with Crippen LogP contribution >= 0.6 is 11.3 Å². The number of thiazole rings is 1. The topological polar surface area (TPSA) is 61.9 Å². The summed E-state index contributed by atoms with van der Waals surface area (Å²) in [6, 6.07) is 9.82. The molecule has 1 N–H and O–H groups in total. The predicted molar refractivity (Wildman–Crippen MR) is 80.5 cm³/mol. The van der Waals surface area contributed by atoms with E-state index in [1.165, 1.54) is 11.3 Å². The second kappa shape index (κ2) is 4.53. The Kier molecular flexibility index (Phi) is 2.65. The number of amides is 1. The van der Waals surface area contributed by atoms with Gasteiger partial charge in [0.1, 0.15) is 0 Å². The second-order valence-electron chi connectivity index (χ2n) is 4.91. The first kappa shape index (κ1) is 12.3. The molecule has 1 aromatic carbocycles. The van der Waals surface area contributed by atoms with E-state index in [4.69, 9.17) is 0 Å². The second-order valence-corrected chi connectivity index (χ2v) is 5.79. The fourth-order valence-electron chi connectivity index (χ4n) is 2.78. The Morgan fingerprint density at radius 2 is 2.10 bits per heavy atom. The molecule has 0 fully saturated rings. The van der Waals surface area contributed by atoms with Gasteiger partial charge in [-0.25, -0.2) is 4.98 Å². The molecule has 0 saturated carbocycles. The number of carbonyl (C=O) groups excluding carboxylic acids is 1. The number of anilines is 1. The average Bonchev–Trinajstić information content (AvgIpc) is 3.19. The lowest BCUT2D eigenvalue weighted by Gasteiger charge is -2.23. The first-order chi connectivity index (χ1) is 10.3. The number of hydrogen-bond donors (Lipinski definition) is 1. The number of aromatic nitrogens is 3. The monoisotopic (exact) mass is 296 g/mol. The fraction of sp³-hybridized carbons (Fsp3) is 0.133. The van der Waals surface area contributed by atoms with Gasteiger partial charge >= 0.3 is 0 Å². The van der Waals surface area contributed by atoms with Gasteiger partial charge < -0.3 is 0 Å². The van der Waals surface area contributed by atoms with Crippen molar-refractivity contribution >= 4 is 22.4 Å². The van der Waals surface area contributed by atoms with Crippen LogP contribution in [0.3, 0.4) is 0 Å². The molecule has 1 aliphatic rings. The molecule has 1 amide bonds. The van der Waals surface area contributed by atoms with Gasteiger partial charge in [-0.15, -0.1) is 11.3 Å². The van der Waals surface area contributed by atoms with E-state index in [1.54, 1.807) is 11.1 Å². The molecule has 0 radical (unpaired) electrons. The normalized spacial score (nSPS) is 17.3. The van der Waals surface area contributed by atoms with Crippen molar-refractivity contribution in [1.82, 2.24) is 15.2 Å². The fourth-order valence-corrected chi connectivity index (χ4v) is 3.45. The van der Waals surface area contributed by atoms with E-state index >= 15 is 0 Å². The van der Waals surface area contributed by atoms with Crippen molar-refractivity contribution in [3.63, 3.8) is 0 Å². The first-order valence-corrected chi connectivity index (χ1v) is 7.48. The first-order valence-electron chi connectivity index (χ1n) is 6.60. The molecule has 4 rings (SSSR count). The molecule has 21 heavy (non-hydrogen) atoms. The maximum absolute atomic E-state index is 12.7. The highest BCUT2D eigenvalue weighted by Gasteiger charge is 2.43. The Labute approximate surface area is 125 Å². The number of nitrogens with zero attached hydrogens (tertiary/aromatic N) is 3. The lowest BCUT2D eigenvalue weighted by molar-refractivity contribution is 0.0988. The molecule has 3 heterocycles. The largest absolute Gasteiger partial charge is 0.282 e. The number of hydrogen-bond acceptors (Lipinski definition) is 4. The van der Waals surface area contributed by atoms with Gasteiger partial charge in [0.15, 0.2) is 10.8 Å². The number of rotatable bonds is 2. The lowest BCUT2D eigenvalue weighted by atomic mass is 9.99. The maximum atomic E-state index is 12.7. The van der Waals surface area contributed by atoms with Crippen molar-refractivity contribution in [2.45, 2.75) is 13.0 Å². The number of nitrogens with one attached hydrogen (secondary N) is 1. The SMILES string of the molecule is Cc1[nH]nc2c1[C@H](c1ccccc1)N(c1nccs1)C2=O. The van der Waals surface area contributed by atoms with Gasteiger partial charge in [-0.05, 0) is 12.5 Å². The molecule has 1 atom stereocenters. The molecule has 5 nitrogen and oxygen atoms in total. The molecule has 0 spiro atoms. The molecule has 6 heteroatoms. The smallest absolute Gasteiger partial charge is 0.281 e. The predicted octanol–water partition coefficient (Wildman–Crippen LogP) is 2.92. The Bertz CT molecular complexity index is 794. The quantitative estimate of drug-likeness (QED) is 0.791. The standard InChI is InChI=1S/C15H12N4OS/c1-9-11-12(18-17-9)14(20)19(15-16-7-8-21-15)13(11)10-5-3-2-4-6-10/h2-8,13H,1H3,(H,17,18)/t13-/m0/s1. The summed E-state index contributed by atoms with van der Waals surface area (Å²) in [6.45, 7) is 1.94. The molecule has 1 aliphatic heterocycles. The summed E-state index contributed by atoms with van der Waals surface area (Å²) in [6.07, 6.45) is 1.71. The number of H-pyrrole nitrogens is 1. The van der Waals surface area contributed by atoms with E-state index < -0.39 is 0 Å². The van der Waals surface area contributed by atoms with Crippen molar-refractivity contribution < 1.29 is 4.79 Å². The summed E-state index contributed by atoms with van der Waals surface area (Å²) in [5.74, 6) is -0.0989. The van der Waals surface area contributed by atoms with Crippen LogP contribution in [0.15, 0.2) is 41.9 Å². The van der Waals surface area contributed by atoms with Crippen molar-refractivity contribution in [3.05, 3.63) is 64.4 Å². The zero-order chi connectivity index (χ0) is 14.4. The van der Waals surface area contributed by atoms with Crippen molar-refractivity contribution in [2.24, 2.45) is 0 Å². The van der Waals surface area contributed by atoms with Gasteiger partial charge in [0.25, 0.3) is 5.91 Å². The summed E-state index contributed by atoms with van der Waals surface area (Å²) in [5.41, 5.74) is 3.42. The zero-order valence-electron chi connectivity index (χ0n) is 11.3. The molecule has 0 saturated heterocycles. The molecule has 2 aromatic heterocycles. The minimum atomic E-state index is -0.168. The third-order valence-electron chi connectivity index (χ3n) is 3.69. The van der Waals surface area contributed by atoms with Crippen molar-refractivity contribution in [3.8, 4) is 0 Å². The van der Waals surface area contributed by atoms with Crippen LogP contribution in [0.1, 0.15) is 33.4 Å². The maximum Gasteiger partial charge on any atom is 0.281 e. The van der Waals surface area contributed by atoms with Gasteiger partial charge in [0.05, 0.1) is 6.04 Å². The Morgan fingerprint density at radius 1 is 1.29 bits per heavy atom. The van der Waals surface area contributed by atoms with E-state index in [2.05, 4.69) is 15.2 Å². The van der Waals surface area contributed by atoms with Crippen molar-refractivity contribution in [2.75, 3.05) is 4.90 Å². The molecular weight excluding hydrogens is 284 g/mol. The van der Waals surface area contributed by atoms with Crippen LogP contribution in [0.25, 0.3) is 0 Å². The number of aromatic amines is 1. The van der Waals surface area contributed by atoms with Gasteiger partial charge in [0.2, 0.25) is 0 Å². The highest BCUT2D eigenvalue weighted by Crippen LogP contribution is 2.42. The summed E-state index contributed by atoms with van der Waals surface area (Å²) < 4.78 is 0. The Hall–Kier alpha value is -2.47. The van der Waals surface area contributed by atoms with E-state index in [9.17, 15) is 4.79 Å². The Balaban J connectivity index is 1.94. The Morgan fingerprint density at radius 3 is 2.81 bits per heavy atom. The molecular formula is C15H12N4OS. The number of fused-ring (bicyclic) bond motifs is 1. The summed E-state index contributed by atoms with van der Waals surface area (Å²) in [5, 5.41) is 9.67. The average molecular weight is 296 g/mol. The van der Waals surface area contributed by atoms with Crippen LogP contribution in [0.4, 0.5) is 5.13 Å². The summed E-state index contributed by atoms with van der Waals surface area (Å²) >= 11 is 1.46. The molecule has 104 valence electrons. The third kappa shape index (κ3) is 1.72. The van der Waals surface area contributed by atoms with Crippen LogP contribution in [-0.2, 0) is 0 Å². The number of benzene rings is 1. The number of aryl methyl sites for hydroxylation is 1.